The van der Waals surface area contributed by atoms with Crippen molar-refractivity contribution in [3.05, 3.63) is 27.2 Å². The molecule has 0 unspecified atom stereocenters. The van der Waals surface area contributed by atoms with E-state index < -0.39 is 0 Å². The van der Waals surface area contributed by atoms with Crippen LogP contribution in [0.5, 0.6) is 5.75 Å². The molecule has 0 amide bonds. The summed E-state index contributed by atoms with van der Waals surface area (Å²) in [5.74, 6) is 0.286. The van der Waals surface area contributed by atoms with Gasteiger partial charge in [0.25, 0.3) is 0 Å². The fraction of sp³-hybridized carbons (Fsp3) is 0.125. The van der Waals surface area contributed by atoms with Crippen LogP contribution in [0.15, 0.2) is 12.1 Å². The summed E-state index contributed by atoms with van der Waals surface area (Å²) in [6.07, 6.45) is 0. The van der Waals surface area contributed by atoms with E-state index >= 15 is 0 Å². The Morgan fingerprint density at radius 2 is 1.77 bits per heavy atom. The lowest BCUT2D eigenvalue weighted by Gasteiger charge is -2.06. The molecule has 0 radical (unpaired) electrons. The predicted octanol–water partition coefficient (Wildman–Crippen LogP) is 3.55. The highest BCUT2D eigenvalue weighted by Gasteiger charge is 2.08. The Labute approximate surface area is 90.6 Å². The normalized spacial score (nSPS) is 9.38. The van der Waals surface area contributed by atoms with Gasteiger partial charge in [-0.1, -0.05) is 34.8 Å². The molecule has 0 saturated heterocycles. The van der Waals surface area contributed by atoms with Crippen LogP contribution in [0.4, 0.5) is 0 Å². The molecule has 68 valence electrons. The highest BCUT2D eigenvalue weighted by molar-refractivity contribution is 6.40. The minimum Gasteiger partial charge on any atom is -0.476 e. The van der Waals surface area contributed by atoms with Crippen LogP contribution in [0.1, 0.15) is 0 Å². The number of ether oxygens (including phenoxy) is 1. The van der Waals surface area contributed by atoms with Crippen molar-refractivity contribution in [2.45, 2.75) is 0 Å². The minimum atomic E-state index is -0.0962. The molecule has 0 bridgehead atoms. The number of benzene rings is 1. The average molecular weight is 236 g/mol. The van der Waals surface area contributed by atoms with Crippen molar-refractivity contribution in [2.75, 3.05) is 6.61 Å². The summed E-state index contributed by atoms with van der Waals surface area (Å²) in [6, 6.07) is 4.82. The number of nitrogens with zero attached hydrogens (tertiary/aromatic N) is 1. The highest BCUT2D eigenvalue weighted by atomic mass is 35.5. The van der Waals surface area contributed by atoms with Gasteiger partial charge in [0.1, 0.15) is 6.07 Å². The fourth-order valence-electron chi connectivity index (χ4n) is 0.771. The Bertz CT molecular complexity index is 336. The summed E-state index contributed by atoms with van der Waals surface area (Å²) < 4.78 is 4.99. The van der Waals surface area contributed by atoms with Gasteiger partial charge in [0.05, 0.1) is 10.0 Å². The Balaban J connectivity index is 3.00. The fourth-order valence-corrected chi connectivity index (χ4v) is 1.70. The van der Waals surface area contributed by atoms with Gasteiger partial charge in [-0.25, -0.2) is 0 Å². The molecule has 5 heteroatoms. The quantitative estimate of drug-likeness (QED) is 0.787. The van der Waals surface area contributed by atoms with Crippen molar-refractivity contribution in [3.63, 3.8) is 0 Å². The number of hydrogen-bond acceptors (Lipinski definition) is 2. The first kappa shape index (κ1) is 10.5. The first-order valence-corrected chi connectivity index (χ1v) is 4.43. The molecule has 0 aromatic heterocycles. The van der Waals surface area contributed by atoms with Crippen LogP contribution in [0.25, 0.3) is 0 Å². The second kappa shape index (κ2) is 4.57. The molecule has 0 aliphatic carbocycles. The largest absolute Gasteiger partial charge is 0.476 e. The van der Waals surface area contributed by atoms with Crippen LogP contribution in [0, 0.1) is 11.3 Å². The van der Waals surface area contributed by atoms with Gasteiger partial charge in [-0.15, -0.1) is 0 Å². The average Bonchev–Trinajstić information content (AvgIpc) is 2.02. The van der Waals surface area contributed by atoms with Crippen LogP contribution in [-0.2, 0) is 0 Å². The zero-order valence-electron chi connectivity index (χ0n) is 6.35. The van der Waals surface area contributed by atoms with E-state index in [9.17, 15) is 0 Å². The number of rotatable bonds is 2. The Morgan fingerprint density at radius 3 is 2.23 bits per heavy atom. The maximum atomic E-state index is 8.28. The highest BCUT2D eigenvalue weighted by Crippen LogP contribution is 2.35. The molecule has 0 N–H and O–H groups in total. The van der Waals surface area contributed by atoms with Gasteiger partial charge in [0.15, 0.2) is 12.4 Å². The van der Waals surface area contributed by atoms with Crippen molar-refractivity contribution in [2.24, 2.45) is 0 Å². The maximum absolute atomic E-state index is 8.28. The van der Waals surface area contributed by atoms with Gasteiger partial charge < -0.3 is 4.74 Å². The topological polar surface area (TPSA) is 33.0 Å². The third-order valence-electron chi connectivity index (χ3n) is 1.24. The molecule has 0 aliphatic rings. The van der Waals surface area contributed by atoms with E-state index in [-0.39, 0.29) is 12.4 Å². The van der Waals surface area contributed by atoms with E-state index in [0.29, 0.717) is 15.1 Å². The summed E-state index contributed by atoms with van der Waals surface area (Å²) in [4.78, 5) is 0. The lowest BCUT2D eigenvalue weighted by atomic mass is 10.3. The number of halogens is 3. The molecular formula is C8H4Cl3NO. The van der Waals surface area contributed by atoms with Gasteiger partial charge in [-0.3, -0.25) is 0 Å². The van der Waals surface area contributed by atoms with Crippen LogP contribution in [-0.4, -0.2) is 6.61 Å². The first-order valence-electron chi connectivity index (χ1n) is 3.29. The van der Waals surface area contributed by atoms with E-state index in [4.69, 9.17) is 44.8 Å². The third kappa shape index (κ3) is 2.67. The van der Waals surface area contributed by atoms with Gasteiger partial charge in [0, 0.05) is 5.02 Å². The lowest BCUT2D eigenvalue weighted by Crippen LogP contribution is -1.94. The van der Waals surface area contributed by atoms with E-state index in [2.05, 4.69) is 0 Å². The maximum Gasteiger partial charge on any atom is 0.174 e. The van der Waals surface area contributed by atoms with Gasteiger partial charge in [-0.05, 0) is 12.1 Å². The second-order valence-corrected chi connectivity index (χ2v) is 3.40. The molecule has 2 nitrogen and oxygen atoms in total. The molecule has 0 heterocycles. The van der Waals surface area contributed by atoms with Crippen LogP contribution in [0.3, 0.4) is 0 Å². The molecule has 1 rings (SSSR count). The molecule has 13 heavy (non-hydrogen) atoms. The number of hydrogen-bond donors (Lipinski definition) is 0. The minimum absolute atomic E-state index is 0.0962. The lowest BCUT2D eigenvalue weighted by molar-refractivity contribution is 0.368. The van der Waals surface area contributed by atoms with Crippen molar-refractivity contribution >= 4 is 34.8 Å². The molecular weight excluding hydrogens is 232 g/mol. The van der Waals surface area contributed by atoms with Gasteiger partial charge >= 0.3 is 0 Å². The van der Waals surface area contributed by atoms with Crippen molar-refractivity contribution in [1.29, 1.82) is 5.26 Å². The summed E-state index contributed by atoms with van der Waals surface area (Å²) >= 11 is 17.2. The zero-order chi connectivity index (χ0) is 9.84. The van der Waals surface area contributed by atoms with Gasteiger partial charge in [-0.2, -0.15) is 5.26 Å². The summed E-state index contributed by atoms with van der Waals surface area (Å²) in [7, 11) is 0. The molecule has 0 spiro atoms. The molecule has 1 aromatic carbocycles. The zero-order valence-corrected chi connectivity index (χ0v) is 8.62. The van der Waals surface area contributed by atoms with Crippen LogP contribution in [0.2, 0.25) is 15.1 Å². The summed E-state index contributed by atoms with van der Waals surface area (Å²) in [6.45, 7) is -0.0962. The predicted molar refractivity (Wildman–Crippen MR) is 52.6 cm³/mol. The standard InChI is InChI=1S/C8H4Cl3NO/c9-5-3-6(10)8(7(11)4-5)13-2-1-12/h3-4H,2H2. The van der Waals surface area contributed by atoms with E-state index in [0.717, 1.165) is 0 Å². The monoisotopic (exact) mass is 235 g/mol. The van der Waals surface area contributed by atoms with Crippen molar-refractivity contribution in [1.82, 2.24) is 0 Å². The van der Waals surface area contributed by atoms with E-state index in [1.165, 1.54) is 12.1 Å². The molecule has 0 aliphatic heterocycles. The first-order chi connectivity index (χ1) is 6.15. The smallest absolute Gasteiger partial charge is 0.174 e. The molecule has 0 fully saturated rings. The molecule has 0 saturated carbocycles. The second-order valence-electron chi connectivity index (χ2n) is 2.15. The van der Waals surface area contributed by atoms with Crippen LogP contribution >= 0.6 is 34.8 Å². The van der Waals surface area contributed by atoms with Crippen molar-refractivity contribution in [3.8, 4) is 11.8 Å². The third-order valence-corrected chi connectivity index (χ3v) is 2.02. The van der Waals surface area contributed by atoms with E-state index in [1.807, 2.05) is 6.07 Å². The van der Waals surface area contributed by atoms with Crippen molar-refractivity contribution < 1.29 is 4.74 Å². The van der Waals surface area contributed by atoms with Gasteiger partial charge in [0.2, 0.25) is 0 Å². The molecule has 1 aromatic rings. The Hall–Kier alpha value is -0.620. The Kier molecular flexibility index (Phi) is 3.68. The SMILES string of the molecule is N#CCOc1c(Cl)cc(Cl)cc1Cl. The van der Waals surface area contributed by atoms with Crippen LogP contribution < -0.4 is 4.74 Å². The van der Waals surface area contributed by atoms with E-state index in [1.54, 1.807) is 0 Å². The summed E-state index contributed by atoms with van der Waals surface area (Å²) in [5, 5.41) is 9.30. The molecule has 0 atom stereocenters. The Morgan fingerprint density at radius 1 is 1.23 bits per heavy atom. The number of nitriles is 1. The summed E-state index contributed by atoms with van der Waals surface area (Å²) in [5.41, 5.74) is 0.